The third-order valence-corrected chi connectivity index (χ3v) is 3.77. The van der Waals surface area contributed by atoms with Gasteiger partial charge in [-0.1, -0.05) is 0 Å². The summed E-state index contributed by atoms with van der Waals surface area (Å²) in [6, 6.07) is 4.69. The molecule has 0 radical (unpaired) electrons. The van der Waals surface area contributed by atoms with Crippen LogP contribution >= 0.6 is 15.9 Å². The Morgan fingerprint density at radius 1 is 1.52 bits per heavy atom. The molecule has 0 saturated heterocycles. The molecule has 2 heterocycles. The van der Waals surface area contributed by atoms with E-state index in [-0.39, 0.29) is 11.4 Å². The molecule has 8 heteroatoms. The van der Waals surface area contributed by atoms with Crippen LogP contribution < -0.4 is 5.32 Å². The summed E-state index contributed by atoms with van der Waals surface area (Å²) in [6.45, 7) is 4.07. The van der Waals surface area contributed by atoms with Crippen molar-refractivity contribution in [2.75, 3.05) is 5.32 Å². The zero-order chi connectivity index (χ0) is 15.6. The lowest BCUT2D eigenvalue weighted by atomic mass is 10.3. The first kappa shape index (κ1) is 15.2. The molecule has 1 N–H and O–H groups in total. The summed E-state index contributed by atoms with van der Waals surface area (Å²) in [4.78, 5) is 26.7. The number of aryl methyl sites for hydroxylation is 2. The van der Waals surface area contributed by atoms with Gasteiger partial charge >= 0.3 is 0 Å². The molecule has 0 atom stereocenters. The average Bonchev–Trinajstić information content (AvgIpc) is 2.87. The van der Waals surface area contributed by atoms with Gasteiger partial charge in [-0.2, -0.15) is 0 Å². The predicted molar refractivity (Wildman–Crippen MR) is 81.4 cm³/mol. The van der Waals surface area contributed by atoms with Crippen LogP contribution in [0.5, 0.6) is 0 Å². The van der Waals surface area contributed by atoms with Crippen molar-refractivity contribution in [2.24, 2.45) is 0 Å². The van der Waals surface area contributed by atoms with E-state index in [1.165, 1.54) is 16.8 Å². The molecule has 0 aromatic carbocycles. The second-order valence-corrected chi connectivity index (χ2v) is 5.20. The van der Waals surface area contributed by atoms with E-state index in [1.807, 2.05) is 6.92 Å². The Bertz CT molecular complexity index is 711. The number of amides is 1. The number of aromatic nitrogens is 2. The van der Waals surface area contributed by atoms with Crippen LogP contribution in [0.1, 0.15) is 23.1 Å². The molecule has 0 aliphatic carbocycles. The third kappa shape index (κ3) is 3.27. The highest BCUT2D eigenvalue weighted by atomic mass is 79.9. The standard InChI is InChI=1S/C13H13BrN4O3/c1-3-17-7-9(18(20)21)6-11(17)13(19)16-12-5-4-10(14)8(2)15-12/h4-7H,3H2,1-2H3,(H,15,16,19). The zero-order valence-corrected chi connectivity index (χ0v) is 13.0. The van der Waals surface area contributed by atoms with Crippen LogP contribution in [0.2, 0.25) is 0 Å². The van der Waals surface area contributed by atoms with E-state index >= 15 is 0 Å². The Kier molecular flexibility index (Phi) is 4.37. The van der Waals surface area contributed by atoms with Crippen molar-refractivity contribution in [1.29, 1.82) is 0 Å². The van der Waals surface area contributed by atoms with E-state index < -0.39 is 10.8 Å². The normalized spacial score (nSPS) is 10.4. The Balaban J connectivity index is 2.27. The molecule has 110 valence electrons. The fourth-order valence-electron chi connectivity index (χ4n) is 1.84. The minimum Gasteiger partial charge on any atom is -0.337 e. The number of carbonyl (C=O) groups excluding carboxylic acids is 1. The summed E-state index contributed by atoms with van der Waals surface area (Å²) in [7, 11) is 0. The van der Waals surface area contributed by atoms with Crippen molar-refractivity contribution >= 4 is 33.3 Å². The maximum Gasteiger partial charge on any atom is 0.287 e. The summed E-state index contributed by atoms with van der Waals surface area (Å²) in [5, 5.41) is 13.4. The van der Waals surface area contributed by atoms with Crippen molar-refractivity contribution in [2.45, 2.75) is 20.4 Å². The van der Waals surface area contributed by atoms with Gasteiger partial charge < -0.3 is 9.88 Å². The second kappa shape index (κ2) is 6.04. The SMILES string of the molecule is CCn1cc([N+](=O)[O-])cc1C(=O)Nc1ccc(Br)c(C)n1. The van der Waals surface area contributed by atoms with Gasteiger partial charge in [0.15, 0.2) is 0 Å². The number of hydrogen-bond donors (Lipinski definition) is 1. The molecular weight excluding hydrogens is 340 g/mol. The molecule has 0 aliphatic rings. The maximum absolute atomic E-state index is 12.2. The van der Waals surface area contributed by atoms with Crippen LogP contribution in [0, 0.1) is 17.0 Å². The molecule has 0 bridgehead atoms. The van der Waals surface area contributed by atoms with E-state index in [9.17, 15) is 14.9 Å². The van der Waals surface area contributed by atoms with Crippen LogP contribution in [-0.2, 0) is 6.54 Å². The van der Waals surface area contributed by atoms with Gasteiger partial charge in [-0.25, -0.2) is 4.98 Å². The van der Waals surface area contributed by atoms with Gasteiger partial charge in [-0.05, 0) is 41.9 Å². The van der Waals surface area contributed by atoms with E-state index in [1.54, 1.807) is 19.1 Å². The van der Waals surface area contributed by atoms with Crippen LogP contribution in [0.3, 0.4) is 0 Å². The van der Waals surface area contributed by atoms with Crippen LogP contribution in [0.4, 0.5) is 11.5 Å². The fourth-order valence-corrected chi connectivity index (χ4v) is 2.06. The molecule has 2 aromatic heterocycles. The van der Waals surface area contributed by atoms with Gasteiger partial charge in [-0.3, -0.25) is 14.9 Å². The highest BCUT2D eigenvalue weighted by Crippen LogP contribution is 2.19. The number of nitrogens with one attached hydrogen (secondary N) is 1. The summed E-state index contributed by atoms with van der Waals surface area (Å²) < 4.78 is 2.37. The van der Waals surface area contributed by atoms with Gasteiger partial charge in [0.1, 0.15) is 11.5 Å². The topological polar surface area (TPSA) is 90.1 Å². The van der Waals surface area contributed by atoms with E-state index in [2.05, 4.69) is 26.2 Å². The fraction of sp³-hybridized carbons (Fsp3) is 0.231. The quantitative estimate of drug-likeness (QED) is 0.675. The smallest absolute Gasteiger partial charge is 0.287 e. The minimum absolute atomic E-state index is 0.109. The van der Waals surface area contributed by atoms with E-state index in [4.69, 9.17) is 0 Å². The van der Waals surface area contributed by atoms with E-state index in [0.717, 1.165) is 10.2 Å². The Morgan fingerprint density at radius 3 is 2.81 bits per heavy atom. The van der Waals surface area contributed by atoms with Crippen molar-refractivity contribution in [3.63, 3.8) is 0 Å². The van der Waals surface area contributed by atoms with E-state index in [0.29, 0.717) is 12.4 Å². The Hall–Kier alpha value is -2.22. The molecular formula is C13H13BrN4O3. The number of nitro groups is 1. The van der Waals surface area contributed by atoms with Gasteiger partial charge in [0.2, 0.25) is 0 Å². The first-order valence-corrected chi connectivity index (χ1v) is 7.00. The number of pyridine rings is 1. The molecule has 0 saturated carbocycles. The Labute approximate surface area is 129 Å². The number of hydrogen-bond acceptors (Lipinski definition) is 4. The van der Waals surface area contributed by atoms with Crippen LogP contribution in [0.15, 0.2) is 28.9 Å². The van der Waals surface area contributed by atoms with Gasteiger partial charge in [0.05, 0.1) is 16.8 Å². The first-order chi connectivity index (χ1) is 9.92. The van der Waals surface area contributed by atoms with Crippen molar-refractivity contribution in [3.05, 3.63) is 50.4 Å². The summed E-state index contributed by atoms with van der Waals surface area (Å²) in [5.74, 6) is -0.0358. The van der Waals surface area contributed by atoms with Crippen LogP contribution in [0.25, 0.3) is 0 Å². The number of anilines is 1. The lowest BCUT2D eigenvalue weighted by Gasteiger charge is -2.07. The predicted octanol–water partition coefficient (Wildman–Crippen LogP) is 3.13. The lowest BCUT2D eigenvalue weighted by molar-refractivity contribution is -0.384. The highest BCUT2D eigenvalue weighted by Gasteiger charge is 2.19. The molecule has 0 spiro atoms. The number of rotatable bonds is 4. The Morgan fingerprint density at radius 2 is 2.24 bits per heavy atom. The molecule has 2 rings (SSSR count). The number of halogens is 1. The number of carbonyl (C=O) groups is 1. The van der Waals surface area contributed by atoms with Gasteiger partial charge in [0.25, 0.3) is 11.6 Å². The molecule has 0 fully saturated rings. The van der Waals surface area contributed by atoms with Crippen molar-refractivity contribution in [1.82, 2.24) is 9.55 Å². The minimum atomic E-state index is -0.523. The second-order valence-electron chi connectivity index (χ2n) is 4.34. The summed E-state index contributed by atoms with van der Waals surface area (Å²) in [6.07, 6.45) is 1.34. The van der Waals surface area contributed by atoms with Gasteiger partial charge in [-0.15, -0.1) is 0 Å². The molecule has 0 unspecified atom stereocenters. The van der Waals surface area contributed by atoms with Crippen molar-refractivity contribution < 1.29 is 9.72 Å². The largest absolute Gasteiger partial charge is 0.337 e. The number of nitrogens with zero attached hydrogens (tertiary/aromatic N) is 3. The first-order valence-electron chi connectivity index (χ1n) is 6.21. The summed E-state index contributed by atoms with van der Waals surface area (Å²) >= 11 is 3.33. The molecule has 0 aliphatic heterocycles. The molecule has 1 amide bonds. The van der Waals surface area contributed by atoms with Gasteiger partial charge in [0, 0.05) is 17.1 Å². The average molecular weight is 353 g/mol. The highest BCUT2D eigenvalue weighted by molar-refractivity contribution is 9.10. The van der Waals surface area contributed by atoms with Crippen molar-refractivity contribution in [3.8, 4) is 0 Å². The summed E-state index contributed by atoms with van der Waals surface area (Å²) in [5.41, 5.74) is 0.859. The monoisotopic (exact) mass is 352 g/mol. The third-order valence-electron chi connectivity index (χ3n) is 2.93. The molecule has 7 nitrogen and oxygen atoms in total. The zero-order valence-electron chi connectivity index (χ0n) is 11.5. The molecule has 21 heavy (non-hydrogen) atoms. The maximum atomic E-state index is 12.2. The lowest BCUT2D eigenvalue weighted by Crippen LogP contribution is -2.17. The molecule has 2 aromatic rings. The van der Waals surface area contributed by atoms with Crippen LogP contribution in [-0.4, -0.2) is 20.4 Å².